The van der Waals surface area contributed by atoms with Crippen molar-refractivity contribution in [2.24, 2.45) is 7.05 Å². The SMILES string of the molecule is CCCNC(c1cc2cccc(Br)c2o1)c1nccn1C. The molecule has 1 unspecified atom stereocenters. The molecule has 2 heterocycles. The van der Waals surface area contributed by atoms with Crippen molar-refractivity contribution in [1.29, 1.82) is 0 Å². The Kier molecular flexibility index (Phi) is 4.12. The molecule has 0 saturated carbocycles. The maximum absolute atomic E-state index is 6.07. The minimum absolute atomic E-state index is 0.0377. The molecule has 4 nitrogen and oxygen atoms in total. The van der Waals surface area contributed by atoms with Crippen LogP contribution in [0.15, 0.2) is 45.5 Å². The van der Waals surface area contributed by atoms with Crippen LogP contribution in [0.4, 0.5) is 0 Å². The fourth-order valence-electron chi connectivity index (χ4n) is 2.45. The van der Waals surface area contributed by atoms with Crippen LogP contribution in [0.3, 0.4) is 0 Å². The number of aromatic nitrogens is 2. The molecule has 3 rings (SSSR count). The van der Waals surface area contributed by atoms with E-state index in [9.17, 15) is 0 Å². The topological polar surface area (TPSA) is 43.0 Å². The Hall–Kier alpha value is -1.59. The summed E-state index contributed by atoms with van der Waals surface area (Å²) >= 11 is 3.54. The molecule has 1 N–H and O–H groups in total. The minimum Gasteiger partial charge on any atom is -0.458 e. The largest absolute Gasteiger partial charge is 0.458 e. The first kappa shape index (κ1) is 14.4. The van der Waals surface area contributed by atoms with Crippen LogP contribution in [0, 0.1) is 0 Å². The van der Waals surface area contributed by atoms with Crippen molar-refractivity contribution < 1.29 is 4.42 Å². The Morgan fingerprint density at radius 2 is 2.29 bits per heavy atom. The Balaban J connectivity index is 2.05. The molecule has 110 valence electrons. The predicted molar refractivity (Wildman–Crippen MR) is 87.3 cm³/mol. The average Bonchev–Trinajstić information content (AvgIpc) is 3.07. The zero-order chi connectivity index (χ0) is 14.8. The smallest absolute Gasteiger partial charge is 0.148 e. The molecule has 3 aromatic rings. The van der Waals surface area contributed by atoms with Gasteiger partial charge in [-0.05, 0) is 41.0 Å². The van der Waals surface area contributed by atoms with Gasteiger partial charge in [0.05, 0.1) is 4.47 Å². The molecule has 2 aromatic heterocycles. The highest BCUT2D eigenvalue weighted by atomic mass is 79.9. The molecular weight excluding hydrogens is 330 g/mol. The van der Waals surface area contributed by atoms with Gasteiger partial charge in [-0.25, -0.2) is 4.98 Å². The number of furan rings is 1. The summed E-state index contributed by atoms with van der Waals surface area (Å²) in [6.45, 7) is 3.06. The van der Waals surface area contributed by atoms with Gasteiger partial charge < -0.3 is 14.3 Å². The normalized spacial score (nSPS) is 12.9. The molecule has 0 saturated heterocycles. The van der Waals surface area contributed by atoms with Crippen molar-refractivity contribution in [2.45, 2.75) is 19.4 Å². The van der Waals surface area contributed by atoms with Gasteiger partial charge in [0, 0.05) is 24.8 Å². The molecule has 1 aromatic carbocycles. The molecular formula is C16H18BrN3O. The number of halogens is 1. The van der Waals surface area contributed by atoms with Gasteiger partial charge in [0.1, 0.15) is 23.2 Å². The zero-order valence-electron chi connectivity index (χ0n) is 12.1. The number of hydrogen-bond acceptors (Lipinski definition) is 3. The van der Waals surface area contributed by atoms with Gasteiger partial charge in [0.2, 0.25) is 0 Å². The summed E-state index contributed by atoms with van der Waals surface area (Å²) in [5, 5.41) is 4.61. The van der Waals surface area contributed by atoms with Crippen LogP contribution in [-0.4, -0.2) is 16.1 Å². The summed E-state index contributed by atoms with van der Waals surface area (Å²) in [5.74, 6) is 1.85. The molecule has 0 radical (unpaired) electrons. The maximum atomic E-state index is 6.07. The number of nitrogens with one attached hydrogen (secondary N) is 1. The number of aryl methyl sites for hydroxylation is 1. The summed E-state index contributed by atoms with van der Waals surface area (Å²) < 4.78 is 9.07. The second-order valence-electron chi connectivity index (χ2n) is 5.09. The summed E-state index contributed by atoms with van der Waals surface area (Å²) in [5.41, 5.74) is 0.880. The summed E-state index contributed by atoms with van der Waals surface area (Å²) in [7, 11) is 2.00. The Morgan fingerprint density at radius 3 is 2.95 bits per heavy atom. The van der Waals surface area contributed by atoms with Crippen LogP contribution < -0.4 is 5.32 Å². The highest BCUT2D eigenvalue weighted by Crippen LogP contribution is 2.31. The minimum atomic E-state index is -0.0377. The van der Waals surface area contributed by atoms with Crippen LogP contribution in [0.5, 0.6) is 0 Å². The summed E-state index contributed by atoms with van der Waals surface area (Å²) in [6.07, 6.45) is 4.83. The first-order valence-corrected chi connectivity index (χ1v) is 7.88. The van der Waals surface area contributed by atoms with Crippen molar-refractivity contribution in [1.82, 2.24) is 14.9 Å². The van der Waals surface area contributed by atoms with E-state index in [1.165, 1.54) is 0 Å². The first-order valence-electron chi connectivity index (χ1n) is 7.09. The molecule has 1 atom stereocenters. The van der Waals surface area contributed by atoms with Crippen LogP contribution in [-0.2, 0) is 7.05 Å². The van der Waals surface area contributed by atoms with E-state index >= 15 is 0 Å². The third kappa shape index (κ3) is 2.76. The molecule has 0 aliphatic carbocycles. The molecule has 0 fully saturated rings. The van der Waals surface area contributed by atoms with E-state index in [2.05, 4.69) is 45.3 Å². The van der Waals surface area contributed by atoms with Gasteiger partial charge in [0.15, 0.2) is 0 Å². The van der Waals surface area contributed by atoms with E-state index < -0.39 is 0 Å². The fourth-order valence-corrected chi connectivity index (χ4v) is 2.92. The van der Waals surface area contributed by atoms with E-state index in [-0.39, 0.29) is 6.04 Å². The monoisotopic (exact) mass is 347 g/mol. The van der Waals surface area contributed by atoms with Gasteiger partial charge in [-0.3, -0.25) is 0 Å². The molecule has 21 heavy (non-hydrogen) atoms. The van der Waals surface area contributed by atoms with Crippen LogP contribution >= 0.6 is 15.9 Å². The fraction of sp³-hybridized carbons (Fsp3) is 0.312. The molecule has 0 spiro atoms. The Bertz CT molecular complexity index is 747. The lowest BCUT2D eigenvalue weighted by atomic mass is 10.1. The van der Waals surface area contributed by atoms with Gasteiger partial charge in [0.25, 0.3) is 0 Å². The Morgan fingerprint density at radius 1 is 1.43 bits per heavy atom. The van der Waals surface area contributed by atoms with Crippen LogP contribution in [0.25, 0.3) is 11.0 Å². The van der Waals surface area contributed by atoms with Gasteiger partial charge in [-0.15, -0.1) is 0 Å². The maximum Gasteiger partial charge on any atom is 0.148 e. The lowest BCUT2D eigenvalue weighted by Crippen LogP contribution is -2.25. The van der Waals surface area contributed by atoms with Crippen molar-refractivity contribution in [3.8, 4) is 0 Å². The first-order chi connectivity index (χ1) is 10.2. The van der Waals surface area contributed by atoms with E-state index in [4.69, 9.17) is 4.42 Å². The Labute approximate surface area is 132 Å². The number of fused-ring (bicyclic) bond motifs is 1. The van der Waals surface area contributed by atoms with E-state index in [0.29, 0.717) is 0 Å². The third-order valence-corrected chi connectivity index (χ3v) is 4.14. The van der Waals surface area contributed by atoms with Gasteiger partial charge in [-0.2, -0.15) is 0 Å². The quantitative estimate of drug-likeness (QED) is 0.757. The average molecular weight is 348 g/mol. The second kappa shape index (κ2) is 6.03. The lowest BCUT2D eigenvalue weighted by Gasteiger charge is -2.15. The lowest BCUT2D eigenvalue weighted by molar-refractivity contribution is 0.449. The predicted octanol–water partition coefficient (Wildman–Crippen LogP) is 4.02. The third-order valence-electron chi connectivity index (χ3n) is 3.51. The molecule has 0 aliphatic rings. The van der Waals surface area contributed by atoms with E-state index in [1.54, 1.807) is 0 Å². The van der Waals surface area contributed by atoms with Crippen molar-refractivity contribution in [3.63, 3.8) is 0 Å². The molecule has 0 bridgehead atoms. The molecule has 0 amide bonds. The molecule has 5 heteroatoms. The van der Waals surface area contributed by atoms with Crippen LogP contribution in [0.1, 0.15) is 31.0 Å². The number of nitrogens with zero attached hydrogens (tertiary/aromatic N) is 2. The zero-order valence-corrected chi connectivity index (χ0v) is 13.7. The van der Waals surface area contributed by atoms with E-state index in [0.717, 1.165) is 40.0 Å². The van der Waals surface area contributed by atoms with Gasteiger partial charge in [-0.1, -0.05) is 19.1 Å². The number of para-hydroxylation sites is 1. The highest BCUT2D eigenvalue weighted by molar-refractivity contribution is 9.10. The molecule has 0 aliphatic heterocycles. The number of benzene rings is 1. The van der Waals surface area contributed by atoms with Crippen molar-refractivity contribution in [2.75, 3.05) is 6.54 Å². The number of hydrogen-bond donors (Lipinski definition) is 1. The van der Waals surface area contributed by atoms with Crippen LogP contribution in [0.2, 0.25) is 0 Å². The van der Waals surface area contributed by atoms with Crippen molar-refractivity contribution in [3.05, 3.63) is 52.7 Å². The summed E-state index contributed by atoms with van der Waals surface area (Å²) in [6, 6.07) is 8.11. The van der Waals surface area contributed by atoms with E-state index in [1.807, 2.05) is 36.1 Å². The number of imidazole rings is 1. The van der Waals surface area contributed by atoms with Crippen molar-refractivity contribution >= 4 is 26.9 Å². The van der Waals surface area contributed by atoms with Gasteiger partial charge >= 0.3 is 0 Å². The summed E-state index contributed by atoms with van der Waals surface area (Å²) in [4.78, 5) is 4.47. The second-order valence-corrected chi connectivity index (χ2v) is 5.94. The highest BCUT2D eigenvalue weighted by Gasteiger charge is 2.22. The number of rotatable bonds is 5. The standard InChI is InChI=1S/C16H18BrN3O/c1-3-7-18-14(16-19-8-9-20(16)2)13-10-11-5-4-6-12(17)15(11)21-13/h4-6,8-10,14,18H,3,7H2,1-2H3.